The number of nitrogens with zero attached hydrogens (tertiary/aromatic N) is 1. The molecule has 0 aliphatic carbocycles. The van der Waals surface area contributed by atoms with Gasteiger partial charge < -0.3 is 14.1 Å². The molecule has 3 rings (SSSR count). The molecule has 1 aromatic heterocycles. The van der Waals surface area contributed by atoms with Crippen molar-refractivity contribution in [3.63, 3.8) is 0 Å². The number of aryl methyl sites for hydroxylation is 1. The van der Waals surface area contributed by atoms with Gasteiger partial charge in [0, 0.05) is 36.6 Å². The van der Waals surface area contributed by atoms with Crippen molar-refractivity contribution in [3.05, 3.63) is 35.6 Å². The number of fused-ring (bicyclic) bond motifs is 1. The molecular formula is C18H23NO3. The van der Waals surface area contributed by atoms with Gasteiger partial charge in [0.2, 0.25) is 5.91 Å². The maximum atomic E-state index is 12.6. The minimum absolute atomic E-state index is 0.0813. The number of hydrogen-bond acceptors (Lipinski definition) is 3. The third kappa shape index (κ3) is 2.75. The molecule has 0 N–H and O–H groups in total. The predicted octanol–water partition coefficient (Wildman–Crippen LogP) is 3.17. The number of benzene rings is 1. The van der Waals surface area contributed by atoms with Gasteiger partial charge in [-0.05, 0) is 19.4 Å². The molecule has 22 heavy (non-hydrogen) atoms. The molecule has 0 radical (unpaired) electrons. The van der Waals surface area contributed by atoms with Gasteiger partial charge in [0.05, 0.1) is 13.0 Å². The maximum Gasteiger partial charge on any atom is 0.227 e. The molecule has 2 heterocycles. The van der Waals surface area contributed by atoms with Gasteiger partial charge in [-0.25, -0.2) is 0 Å². The molecule has 1 aromatic carbocycles. The zero-order valence-corrected chi connectivity index (χ0v) is 13.5. The molecule has 0 saturated carbocycles. The Kier molecular flexibility index (Phi) is 3.96. The Bertz CT molecular complexity index is 691. The molecular weight excluding hydrogens is 278 g/mol. The molecule has 0 bridgehead atoms. The summed E-state index contributed by atoms with van der Waals surface area (Å²) in [7, 11) is 1.72. The fourth-order valence-electron chi connectivity index (χ4n) is 3.41. The van der Waals surface area contributed by atoms with E-state index in [2.05, 4.69) is 6.92 Å². The summed E-state index contributed by atoms with van der Waals surface area (Å²) in [6.07, 6.45) is 1.41. The number of methoxy groups -OCH3 is 1. The Balaban J connectivity index is 1.76. The third-order valence-corrected chi connectivity index (χ3v) is 4.63. The van der Waals surface area contributed by atoms with E-state index in [4.69, 9.17) is 9.15 Å². The van der Waals surface area contributed by atoms with Crippen molar-refractivity contribution in [2.75, 3.05) is 26.8 Å². The number of ether oxygens (including phenoxy) is 1. The largest absolute Gasteiger partial charge is 0.461 e. The van der Waals surface area contributed by atoms with Crippen LogP contribution >= 0.6 is 0 Å². The highest BCUT2D eigenvalue weighted by atomic mass is 16.5. The third-order valence-electron chi connectivity index (χ3n) is 4.63. The van der Waals surface area contributed by atoms with E-state index in [1.807, 2.05) is 36.1 Å². The Labute approximate surface area is 131 Å². The standard InChI is InChI=1S/C18H23NO3/c1-13-15(14-6-4-5-7-16(14)22-13)10-17(20)19-9-8-18(2,11-19)12-21-3/h4-7H,8-12H2,1-3H3. The van der Waals surface area contributed by atoms with Gasteiger partial charge in [0.15, 0.2) is 0 Å². The normalized spacial score (nSPS) is 21.7. The summed E-state index contributed by atoms with van der Waals surface area (Å²) in [5.74, 6) is 1.02. The predicted molar refractivity (Wildman–Crippen MR) is 85.8 cm³/mol. The van der Waals surface area contributed by atoms with E-state index in [1.54, 1.807) is 7.11 Å². The quantitative estimate of drug-likeness (QED) is 0.871. The summed E-state index contributed by atoms with van der Waals surface area (Å²) in [6.45, 7) is 6.40. The second kappa shape index (κ2) is 5.76. The lowest BCUT2D eigenvalue weighted by Crippen LogP contribution is -2.33. The molecule has 4 nitrogen and oxygen atoms in total. The summed E-state index contributed by atoms with van der Waals surface area (Å²) in [5.41, 5.74) is 1.95. The van der Waals surface area contributed by atoms with Crippen LogP contribution in [0.2, 0.25) is 0 Å². The molecule has 1 amide bonds. The monoisotopic (exact) mass is 301 g/mol. The lowest BCUT2D eigenvalue weighted by molar-refractivity contribution is -0.129. The SMILES string of the molecule is COCC1(C)CCN(C(=O)Cc2c(C)oc3ccccc23)C1. The summed E-state index contributed by atoms with van der Waals surface area (Å²) in [6, 6.07) is 7.90. The van der Waals surface area contributed by atoms with Crippen molar-refractivity contribution in [2.24, 2.45) is 5.41 Å². The van der Waals surface area contributed by atoms with Crippen molar-refractivity contribution >= 4 is 16.9 Å². The van der Waals surface area contributed by atoms with Crippen LogP contribution in [0.25, 0.3) is 11.0 Å². The van der Waals surface area contributed by atoms with Gasteiger partial charge in [-0.1, -0.05) is 25.1 Å². The summed E-state index contributed by atoms with van der Waals surface area (Å²) in [5, 5.41) is 1.05. The molecule has 1 unspecified atom stereocenters. The highest BCUT2D eigenvalue weighted by molar-refractivity contribution is 5.88. The van der Waals surface area contributed by atoms with E-state index >= 15 is 0 Å². The number of carbonyl (C=O) groups excluding carboxylic acids is 1. The zero-order chi connectivity index (χ0) is 15.7. The molecule has 1 aliphatic heterocycles. The molecule has 0 spiro atoms. The molecule has 4 heteroatoms. The topological polar surface area (TPSA) is 42.7 Å². The fourth-order valence-corrected chi connectivity index (χ4v) is 3.41. The minimum atomic E-state index is 0.0813. The van der Waals surface area contributed by atoms with E-state index in [0.29, 0.717) is 13.0 Å². The smallest absolute Gasteiger partial charge is 0.227 e. The number of amides is 1. The molecule has 118 valence electrons. The van der Waals surface area contributed by atoms with Gasteiger partial charge in [-0.3, -0.25) is 4.79 Å². The van der Waals surface area contributed by atoms with Crippen LogP contribution in [0.4, 0.5) is 0 Å². The second-order valence-corrected chi connectivity index (χ2v) is 6.62. The van der Waals surface area contributed by atoms with Crippen LogP contribution < -0.4 is 0 Å². The van der Waals surface area contributed by atoms with Gasteiger partial charge in [0.1, 0.15) is 11.3 Å². The molecule has 1 fully saturated rings. The van der Waals surface area contributed by atoms with E-state index in [9.17, 15) is 4.79 Å². The first-order chi connectivity index (χ1) is 10.5. The Morgan fingerprint density at radius 3 is 2.95 bits per heavy atom. The van der Waals surface area contributed by atoms with Crippen LogP contribution in [0, 0.1) is 12.3 Å². The van der Waals surface area contributed by atoms with Crippen molar-refractivity contribution in [3.8, 4) is 0 Å². The van der Waals surface area contributed by atoms with Crippen LogP contribution in [0.1, 0.15) is 24.7 Å². The Morgan fingerprint density at radius 1 is 1.41 bits per heavy atom. The van der Waals surface area contributed by atoms with E-state index in [0.717, 1.165) is 41.8 Å². The van der Waals surface area contributed by atoms with Gasteiger partial charge in [-0.15, -0.1) is 0 Å². The maximum absolute atomic E-state index is 12.6. The fraction of sp³-hybridized carbons (Fsp3) is 0.500. The minimum Gasteiger partial charge on any atom is -0.461 e. The summed E-state index contributed by atoms with van der Waals surface area (Å²) < 4.78 is 11.0. The number of likely N-dealkylation sites (tertiary alicyclic amines) is 1. The average molecular weight is 301 g/mol. The van der Waals surface area contributed by atoms with Crippen molar-refractivity contribution in [1.82, 2.24) is 4.90 Å². The summed E-state index contributed by atoms with van der Waals surface area (Å²) >= 11 is 0. The van der Waals surface area contributed by atoms with E-state index in [-0.39, 0.29) is 11.3 Å². The lowest BCUT2D eigenvalue weighted by atomic mass is 9.91. The number of furan rings is 1. The zero-order valence-electron chi connectivity index (χ0n) is 13.5. The molecule has 1 saturated heterocycles. The van der Waals surface area contributed by atoms with Gasteiger partial charge in [-0.2, -0.15) is 0 Å². The number of rotatable bonds is 4. The molecule has 1 aliphatic rings. The first-order valence-corrected chi connectivity index (χ1v) is 7.76. The van der Waals surface area contributed by atoms with Gasteiger partial charge >= 0.3 is 0 Å². The molecule has 1 atom stereocenters. The lowest BCUT2D eigenvalue weighted by Gasteiger charge is -2.23. The first-order valence-electron chi connectivity index (χ1n) is 7.76. The Hall–Kier alpha value is -1.81. The van der Waals surface area contributed by atoms with Crippen LogP contribution in [-0.4, -0.2) is 37.6 Å². The number of hydrogen-bond donors (Lipinski definition) is 0. The van der Waals surface area contributed by atoms with Crippen molar-refractivity contribution < 1.29 is 13.9 Å². The highest BCUT2D eigenvalue weighted by Gasteiger charge is 2.36. The average Bonchev–Trinajstić information content (AvgIpc) is 3.01. The van der Waals surface area contributed by atoms with Crippen molar-refractivity contribution in [2.45, 2.75) is 26.7 Å². The van der Waals surface area contributed by atoms with Crippen LogP contribution in [0.5, 0.6) is 0 Å². The van der Waals surface area contributed by atoms with Crippen LogP contribution in [-0.2, 0) is 16.0 Å². The number of carbonyl (C=O) groups is 1. The van der Waals surface area contributed by atoms with Crippen LogP contribution in [0.3, 0.4) is 0 Å². The number of para-hydroxylation sites is 1. The second-order valence-electron chi connectivity index (χ2n) is 6.62. The highest BCUT2D eigenvalue weighted by Crippen LogP contribution is 2.31. The molecule has 2 aromatic rings. The van der Waals surface area contributed by atoms with E-state index < -0.39 is 0 Å². The van der Waals surface area contributed by atoms with Crippen LogP contribution in [0.15, 0.2) is 28.7 Å². The van der Waals surface area contributed by atoms with Crippen molar-refractivity contribution in [1.29, 1.82) is 0 Å². The summed E-state index contributed by atoms with van der Waals surface area (Å²) in [4.78, 5) is 14.6. The Morgan fingerprint density at radius 2 is 2.18 bits per heavy atom. The van der Waals surface area contributed by atoms with Gasteiger partial charge in [0.25, 0.3) is 0 Å². The van der Waals surface area contributed by atoms with E-state index in [1.165, 1.54) is 0 Å². The first kappa shape index (κ1) is 15.1.